The molecule has 1 saturated heterocycles. The summed E-state index contributed by atoms with van der Waals surface area (Å²) in [5, 5.41) is 5.59. The van der Waals surface area contributed by atoms with Gasteiger partial charge < -0.3 is 20.3 Å². The summed E-state index contributed by atoms with van der Waals surface area (Å²) in [4.78, 5) is 13.7. The molecule has 1 aromatic carbocycles. The number of ether oxygens (including phenoxy) is 1. The van der Waals surface area contributed by atoms with Crippen LogP contribution < -0.4 is 10.6 Å². The Morgan fingerprint density at radius 1 is 1.34 bits per heavy atom. The van der Waals surface area contributed by atoms with Gasteiger partial charge in [0, 0.05) is 25.3 Å². The number of carbonyl (C=O) groups excluding carboxylic acids is 1. The molecule has 0 bridgehead atoms. The Labute approximate surface area is 178 Å². The number of rotatable bonds is 3. The number of likely N-dealkylation sites (tertiary alicyclic amines) is 1. The summed E-state index contributed by atoms with van der Waals surface area (Å²) >= 11 is 11.0. The van der Waals surface area contributed by atoms with Gasteiger partial charge in [-0.3, -0.25) is 0 Å². The largest absolute Gasteiger partial charge is 0.444 e. The van der Waals surface area contributed by atoms with E-state index in [0.29, 0.717) is 24.7 Å². The summed E-state index contributed by atoms with van der Waals surface area (Å²) in [5.74, 6) is 0.159. The minimum absolute atomic E-state index is 0.159. The lowest BCUT2D eigenvalue weighted by Crippen LogP contribution is -2.45. The van der Waals surface area contributed by atoms with E-state index >= 15 is 0 Å². The molecule has 1 unspecified atom stereocenters. The van der Waals surface area contributed by atoms with Crippen LogP contribution >= 0.6 is 23.8 Å². The van der Waals surface area contributed by atoms with Crippen LogP contribution in [0.2, 0.25) is 5.02 Å². The van der Waals surface area contributed by atoms with Crippen LogP contribution in [-0.2, 0) is 10.9 Å². The van der Waals surface area contributed by atoms with E-state index in [-0.39, 0.29) is 16.6 Å². The van der Waals surface area contributed by atoms with Crippen molar-refractivity contribution >= 4 is 40.7 Å². The maximum absolute atomic E-state index is 13.0. The predicted octanol–water partition coefficient (Wildman–Crippen LogP) is 5.29. The number of hydrogen-bond acceptors (Lipinski definition) is 3. The number of anilines is 1. The number of benzene rings is 1. The smallest absolute Gasteiger partial charge is 0.417 e. The van der Waals surface area contributed by atoms with Gasteiger partial charge in [-0.25, -0.2) is 4.79 Å². The molecule has 1 aliphatic rings. The molecule has 1 amide bonds. The van der Waals surface area contributed by atoms with Crippen LogP contribution in [0.3, 0.4) is 0 Å². The van der Waals surface area contributed by atoms with E-state index < -0.39 is 23.4 Å². The van der Waals surface area contributed by atoms with Gasteiger partial charge in [-0.05, 0) is 69.9 Å². The van der Waals surface area contributed by atoms with Gasteiger partial charge in [0.1, 0.15) is 5.60 Å². The van der Waals surface area contributed by atoms with Crippen molar-refractivity contribution in [3.05, 3.63) is 28.8 Å². The monoisotopic (exact) mass is 451 g/mol. The highest BCUT2D eigenvalue weighted by molar-refractivity contribution is 7.80. The second kappa shape index (κ2) is 9.38. The lowest BCUT2D eigenvalue weighted by atomic mass is 9.98. The van der Waals surface area contributed by atoms with E-state index in [9.17, 15) is 18.0 Å². The van der Waals surface area contributed by atoms with Gasteiger partial charge in [0.15, 0.2) is 5.11 Å². The van der Waals surface area contributed by atoms with Crippen LogP contribution in [0.25, 0.3) is 0 Å². The first kappa shape index (κ1) is 23.5. The average molecular weight is 452 g/mol. The van der Waals surface area contributed by atoms with Crippen LogP contribution in [0.5, 0.6) is 0 Å². The molecule has 1 heterocycles. The van der Waals surface area contributed by atoms with Crippen LogP contribution in [-0.4, -0.2) is 41.3 Å². The molecule has 0 aromatic heterocycles. The normalized spacial score (nSPS) is 17.6. The van der Waals surface area contributed by atoms with Gasteiger partial charge >= 0.3 is 12.3 Å². The molecular formula is C19H25ClF3N3O2S. The Hall–Kier alpha value is -1.74. The zero-order valence-electron chi connectivity index (χ0n) is 16.5. The number of alkyl halides is 3. The van der Waals surface area contributed by atoms with Gasteiger partial charge in [-0.2, -0.15) is 13.2 Å². The van der Waals surface area contributed by atoms with Gasteiger partial charge in [0.25, 0.3) is 0 Å². The van der Waals surface area contributed by atoms with E-state index in [1.165, 1.54) is 12.1 Å². The molecule has 10 heteroatoms. The SMILES string of the molecule is CC(C)(C)OC(=O)NCC1CCCN(C(=S)Nc2ccc(Cl)c(C(F)(F)F)c2)C1. The van der Waals surface area contributed by atoms with Crippen molar-refractivity contribution in [2.45, 2.75) is 45.4 Å². The van der Waals surface area contributed by atoms with Gasteiger partial charge in [-0.1, -0.05) is 11.6 Å². The zero-order chi connectivity index (χ0) is 21.8. The van der Waals surface area contributed by atoms with Crippen molar-refractivity contribution in [3.8, 4) is 0 Å². The highest BCUT2D eigenvalue weighted by Crippen LogP contribution is 2.36. The number of amides is 1. The summed E-state index contributed by atoms with van der Waals surface area (Å²) in [6, 6.07) is 3.59. The van der Waals surface area contributed by atoms with Crippen LogP contribution in [0, 0.1) is 5.92 Å². The number of piperidine rings is 1. The van der Waals surface area contributed by atoms with Crippen LogP contribution in [0.15, 0.2) is 18.2 Å². The van der Waals surface area contributed by atoms with E-state index in [2.05, 4.69) is 10.6 Å². The molecule has 1 atom stereocenters. The fraction of sp³-hybridized carbons (Fsp3) is 0.579. The van der Waals surface area contributed by atoms with Crippen LogP contribution in [0.4, 0.5) is 23.7 Å². The molecule has 2 N–H and O–H groups in total. The first-order valence-electron chi connectivity index (χ1n) is 9.24. The second-order valence-corrected chi connectivity index (χ2v) is 8.75. The number of nitrogens with one attached hydrogen (secondary N) is 2. The fourth-order valence-electron chi connectivity index (χ4n) is 2.98. The molecule has 0 spiro atoms. The molecule has 1 fully saturated rings. The van der Waals surface area contributed by atoms with E-state index in [1.54, 1.807) is 20.8 Å². The minimum Gasteiger partial charge on any atom is -0.444 e. The summed E-state index contributed by atoms with van der Waals surface area (Å²) in [6.07, 6.45) is -3.25. The first-order valence-corrected chi connectivity index (χ1v) is 10.0. The third-order valence-electron chi connectivity index (χ3n) is 4.26. The average Bonchev–Trinajstić information content (AvgIpc) is 2.59. The Morgan fingerprint density at radius 3 is 2.66 bits per heavy atom. The molecular weight excluding hydrogens is 427 g/mol. The number of thiocarbonyl (C=S) groups is 1. The zero-order valence-corrected chi connectivity index (χ0v) is 18.1. The second-order valence-electron chi connectivity index (χ2n) is 7.96. The number of hydrogen-bond donors (Lipinski definition) is 2. The fourth-order valence-corrected chi connectivity index (χ4v) is 3.49. The van der Waals surface area contributed by atoms with Gasteiger partial charge in [0.05, 0.1) is 10.6 Å². The first-order chi connectivity index (χ1) is 13.3. The lowest BCUT2D eigenvalue weighted by molar-refractivity contribution is -0.137. The van der Waals surface area contributed by atoms with Crippen molar-refractivity contribution < 1.29 is 22.7 Å². The van der Waals surface area contributed by atoms with E-state index in [0.717, 1.165) is 18.9 Å². The Kier molecular flexibility index (Phi) is 7.62. The molecule has 1 aromatic rings. The number of carbonyl (C=O) groups is 1. The van der Waals surface area contributed by atoms with Crippen molar-refractivity contribution in [1.82, 2.24) is 10.2 Å². The molecule has 0 saturated carbocycles. The third-order valence-corrected chi connectivity index (χ3v) is 4.95. The van der Waals surface area contributed by atoms with E-state index in [1.807, 2.05) is 4.90 Å². The number of nitrogens with zero attached hydrogens (tertiary/aromatic N) is 1. The van der Waals surface area contributed by atoms with Crippen molar-refractivity contribution in [2.24, 2.45) is 5.92 Å². The quantitative estimate of drug-likeness (QED) is 0.611. The topological polar surface area (TPSA) is 53.6 Å². The highest BCUT2D eigenvalue weighted by atomic mass is 35.5. The highest BCUT2D eigenvalue weighted by Gasteiger charge is 2.33. The van der Waals surface area contributed by atoms with Gasteiger partial charge in [-0.15, -0.1) is 0 Å². The minimum atomic E-state index is -4.54. The van der Waals surface area contributed by atoms with Crippen molar-refractivity contribution in [3.63, 3.8) is 0 Å². The lowest BCUT2D eigenvalue weighted by Gasteiger charge is -2.35. The molecule has 0 aliphatic carbocycles. The summed E-state index contributed by atoms with van der Waals surface area (Å²) < 4.78 is 44.3. The summed E-state index contributed by atoms with van der Waals surface area (Å²) in [5.41, 5.74) is -1.26. The third kappa shape index (κ3) is 7.54. The van der Waals surface area contributed by atoms with Crippen molar-refractivity contribution in [2.75, 3.05) is 25.0 Å². The molecule has 2 rings (SSSR count). The molecule has 162 valence electrons. The Morgan fingerprint density at radius 2 is 2.03 bits per heavy atom. The maximum atomic E-state index is 13.0. The Bertz CT molecular complexity index is 753. The standard InChI is InChI=1S/C19H25ClF3N3O2S/c1-18(2,3)28-17(27)24-10-12-5-4-8-26(11-12)16(29)25-13-6-7-15(20)14(9-13)19(21,22)23/h6-7,9,12H,4-5,8,10-11H2,1-3H3,(H,24,27)(H,25,29). The Balaban J connectivity index is 1.92. The van der Waals surface area contributed by atoms with Gasteiger partial charge in [0.2, 0.25) is 0 Å². The summed E-state index contributed by atoms with van der Waals surface area (Å²) in [6.45, 7) is 7.09. The molecule has 5 nitrogen and oxygen atoms in total. The number of alkyl carbamates (subject to hydrolysis) is 1. The number of halogens is 4. The molecule has 1 aliphatic heterocycles. The molecule has 0 radical (unpaired) electrons. The van der Waals surface area contributed by atoms with Crippen LogP contribution in [0.1, 0.15) is 39.2 Å². The molecule has 29 heavy (non-hydrogen) atoms. The summed E-state index contributed by atoms with van der Waals surface area (Å²) in [7, 11) is 0. The maximum Gasteiger partial charge on any atom is 0.417 e. The predicted molar refractivity (Wildman–Crippen MR) is 111 cm³/mol. The van der Waals surface area contributed by atoms with E-state index in [4.69, 9.17) is 28.6 Å². The van der Waals surface area contributed by atoms with Crippen molar-refractivity contribution in [1.29, 1.82) is 0 Å².